The quantitative estimate of drug-likeness (QED) is 0.644. The lowest BCUT2D eigenvalue weighted by Crippen LogP contribution is -2.13. The number of amides is 1. The molecule has 0 bridgehead atoms. The molecule has 5 nitrogen and oxygen atoms in total. The SMILES string of the molecule is CCOC(=O)/N=c1/sncn1C. The average molecular weight is 187 g/mol. The fraction of sp³-hybridized carbons (Fsp3) is 0.500. The van der Waals surface area contributed by atoms with Crippen LogP contribution in [-0.2, 0) is 11.8 Å². The summed E-state index contributed by atoms with van der Waals surface area (Å²) in [5, 5.41) is 0. The van der Waals surface area contributed by atoms with E-state index in [1.165, 1.54) is 0 Å². The highest BCUT2D eigenvalue weighted by molar-refractivity contribution is 7.02. The van der Waals surface area contributed by atoms with Gasteiger partial charge in [-0.15, -0.1) is 4.99 Å². The molecule has 0 aliphatic rings. The van der Waals surface area contributed by atoms with Gasteiger partial charge in [-0.2, -0.15) is 4.37 Å². The summed E-state index contributed by atoms with van der Waals surface area (Å²) in [6.45, 7) is 2.07. The van der Waals surface area contributed by atoms with E-state index in [2.05, 4.69) is 14.1 Å². The van der Waals surface area contributed by atoms with Crippen LogP contribution in [0.25, 0.3) is 0 Å². The Morgan fingerprint density at radius 3 is 3.17 bits per heavy atom. The van der Waals surface area contributed by atoms with Gasteiger partial charge in [0.05, 0.1) is 6.61 Å². The Morgan fingerprint density at radius 2 is 2.67 bits per heavy atom. The molecule has 1 heterocycles. The number of carbonyl (C=O) groups excluding carboxylic acids is 1. The summed E-state index contributed by atoms with van der Waals surface area (Å²) in [4.78, 5) is 15.0. The topological polar surface area (TPSA) is 56.5 Å². The molecule has 0 radical (unpaired) electrons. The summed E-state index contributed by atoms with van der Waals surface area (Å²) in [5.41, 5.74) is 0. The summed E-state index contributed by atoms with van der Waals surface area (Å²) in [7, 11) is 1.77. The van der Waals surface area contributed by atoms with E-state index in [0.717, 1.165) is 11.5 Å². The molecule has 12 heavy (non-hydrogen) atoms. The van der Waals surface area contributed by atoms with Gasteiger partial charge in [0, 0.05) is 18.6 Å². The van der Waals surface area contributed by atoms with E-state index in [0.29, 0.717) is 11.4 Å². The van der Waals surface area contributed by atoms with Gasteiger partial charge in [-0.05, 0) is 6.92 Å². The molecule has 0 saturated carbocycles. The first-order chi connectivity index (χ1) is 5.74. The van der Waals surface area contributed by atoms with Crippen LogP contribution in [0.4, 0.5) is 4.79 Å². The van der Waals surface area contributed by atoms with Gasteiger partial charge in [0.1, 0.15) is 6.33 Å². The third kappa shape index (κ3) is 2.16. The van der Waals surface area contributed by atoms with Crippen LogP contribution in [0.15, 0.2) is 11.3 Å². The first-order valence-electron chi connectivity index (χ1n) is 3.43. The lowest BCUT2D eigenvalue weighted by atomic mass is 10.9. The second kappa shape index (κ2) is 4.01. The van der Waals surface area contributed by atoms with Gasteiger partial charge in [-0.1, -0.05) is 0 Å². The number of aryl methyl sites for hydroxylation is 1. The van der Waals surface area contributed by atoms with Crippen molar-refractivity contribution < 1.29 is 9.53 Å². The summed E-state index contributed by atoms with van der Waals surface area (Å²) in [5.74, 6) is 0. The summed E-state index contributed by atoms with van der Waals surface area (Å²) < 4.78 is 10.1. The maximum atomic E-state index is 10.8. The van der Waals surface area contributed by atoms with Crippen LogP contribution < -0.4 is 4.80 Å². The summed E-state index contributed by atoms with van der Waals surface area (Å²) in [6.07, 6.45) is 1.01. The van der Waals surface area contributed by atoms with Crippen LogP contribution in [0.3, 0.4) is 0 Å². The number of ether oxygens (including phenoxy) is 1. The van der Waals surface area contributed by atoms with Crippen molar-refractivity contribution in [2.45, 2.75) is 6.92 Å². The third-order valence-electron chi connectivity index (χ3n) is 1.11. The van der Waals surface area contributed by atoms with E-state index >= 15 is 0 Å². The lowest BCUT2D eigenvalue weighted by Gasteiger charge is -1.92. The molecule has 0 atom stereocenters. The highest BCUT2D eigenvalue weighted by atomic mass is 32.1. The fourth-order valence-electron chi connectivity index (χ4n) is 0.588. The van der Waals surface area contributed by atoms with E-state index < -0.39 is 6.09 Å². The second-order valence-corrected chi connectivity index (χ2v) is 2.77. The minimum Gasteiger partial charge on any atom is -0.448 e. The van der Waals surface area contributed by atoms with Gasteiger partial charge in [-0.25, -0.2) is 4.79 Å². The van der Waals surface area contributed by atoms with E-state index in [-0.39, 0.29) is 0 Å². The van der Waals surface area contributed by atoms with Crippen molar-refractivity contribution in [3.63, 3.8) is 0 Å². The Balaban J connectivity index is 2.83. The van der Waals surface area contributed by atoms with Gasteiger partial charge in [-0.3, -0.25) is 0 Å². The molecule has 0 N–H and O–H groups in total. The molecule has 0 fully saturated rings. The number of nitrogens with zero attached hydrogens (tertiary/aromatic N) is 3. The van der Waals surface area contributed by atoms with Gasteiger partial charge < -0.3 is 9.30 Å². The lowest BCUT2D eigenvalue weighted by molar-refractivity contribution is 0.162. The minimum absolute atomic E-state index is 0.338. The van der Waals surface area contributed by atoms with Crippen molar-refractivity contribution in [1.82, 2.24) is 8.94 Å². The van der Waals surface area contributed by atoms with Gasteiger partial charge in [0.2, 0.25) is 4.80 Å². The smallest absolute Gasteiger partial charge is 0.436 e. The number of rotatable bonds is 1. The summed E-state index contributed by atoms with van der Waals surface area (Å²) >= 11 is 1.15. The zero-order chi connectivity index (χ0) is 8.97. The van der Waals surface area contributed by atoms with Crippen LogP contribution in [0.2, 0.25) is 0 Å². The molecule has 66 valence electrons. The molecule has 0 aliphatic heterocycles. The molecule has 0 aliphatic carbocycles. The van der Waals surface area contributed by atoms with E-state index in [1.807, 2.05) is 0 Å². The predicted molar refractivity (Wildman–Crippen MR) is 43.7 cm³/mol. The Bertz CT molecular complexity index is 328. The minimum atomic E-state index is -0.572. The second-order valence-electron chi connectivity index (χ2n) is 2.02. The Hall–Kier alpha value is -1.17. The summed E-state index contributed by atoms with van der Waals surface area (Å²) in [6, 6.07) is 0. The van der Waals surface area contributed by atoms with Crippen molar-refractivity contribution in [2.24, 2.45) is 12.0 Å². The maximum absolute atomic E-state index is 10.8. The van der Waals surface area contributed by atoms with Gasteiger partial charge in [0.15, 0.2) is 0 Å². The molecule has 1 aromatic rings. The van der Waals surface area contributed by atoms with Crippen molar-refractivity contribution in [1.29, 1.82) is 0 Å². The van der Waals surface area contributed by atoms with Gasteiger partial charge >= 0.3 is 6.09 Å². The van der Waals surface area contributed by atoms with E-state index in [1.54, 1.807) is 24.9 Å². The van der Waals surface area contributed by atoms with Crippen molar-refractivity contribution in [3.8, 4) is 0 Å². The standard InChI is InChI=1S/C6H9N3O2S/c1-3-11-6(10)8-5-9(2)4-7-12-5/h4H,3H2,1-2H3/b8-5+. The Morgan fingerprint density at radius 1 is 1.92 bits per heavy atom. The average Bonchev–Trinajstić information content (AvgIpc) is 2.37. The number of hydrogen-bond acceptors (Lipinski definition) is 4. The van der Waals surface area contributed by atoms with Crippen molar-refractivity contribution in [3.05, 3.63) is 11.1 Å². The molecule has 1 aromatic heterocycles. The molecule has 1 amide bonds. The Kier molecular flexibility index (Phi) is 2.98. The zero-order valence-corrected chi connectivity index (χ0v) is 7.67. The molecule has 0 spiro atoms. The van der Waals surface area contributed by atoms with Crippen LogP contribution in [0.5, 0.6) is 0 Å². The first-order valence-corrected chi connectivity index (χ1v) is 4.20. The molecule has 1 rings (SSSR count). The fourth-order valence-corrected chi connectivity index (χ4v) is 1.16. The number of hydrogen-bond donors (Lipinski definition) is 0. The van der Waals surface area contributed by atoms with Crippen LogP contribution in [-0.4, -0.2) is 21.6 Å². The highest BCUT2D eigenvalue weighted by Crippen LogP contribution is 1.84. The third-order valence-corrected chi connectivity index (χ3v) is 1.85. The molecule has 0 unspecified atom stereocenters. The molecular formula is C6H9N3O2S. The van der Waals surface area contributed by atoms with Crippen molar-refractivity contribution >= 4 is 17.6 Å². The highest BCUT2D eigenvalue weighted by Gasteiger charge is 1.97. The zero-order valence-electron chi connectivity index (χ0n) is 6.85. The largest absolute Gasteiger partial charge is 0.448 e. The van der Waals surface area contributed by atoms with E-state index in [9.17, 15) is 4.79 Å². The monoisotopic (exact) mass is 187 g/mol. The normalized spacial score (nSPS) is 11.7. The molecule has 6 heteroatoms. The maximum Gasteiger partial charge on any atom is 0.436 e. The first kappa shape index (κ1) is 8.92. The van der Waals surface area contributed by atoms with Crippen LogP contribution in [0.1, 0.15) is 6.92 Å². The van der Waals surface area contributed by atoms with Crippen LogP contribution >= 0.6 is 11.5 Å². The van der Waals surface area contributed by atoms with Crippen LogP contribution in [0, 0.1) is 0 Å². The van der Waals surface area contributed by atoms with Crippen molar-refractivity contribution in [2.75, 3.05) is 6.61 Å². The van der Waals surface area contributed by atoms with Gasteiger partial charge in [0.25, 0.3) is 0 Å². The van der Waals surface area contributed by atoms with E-state index in [4.69, 9.17) is 0 Å². The molecule has 0 aromatic carbocycles. The molecule has 0 saturated heterocycles. The predicted octanol–water partition coefficient (Wildman–Crippen LogP) is 0.539. The Labute approximate surface area is 73.5 Å². The molecular weight excluding hydrogens is 178 g/mol. The number of aromatic nitrogens is 2. The number of carbonyl (C=O) groups is 1.